The molecule has 0 saturated carbocycles. The van der Waals surface area contributed by atoms with Gasteiger partial charge < -0.3 is 10.2 Å². The summed E-state index contributed by atoms with van der Waals surface area (Å²) in [6.45, 7) is 3.82. The molecule has 154 valence electrons. The molecule has 2 aliphatic heterocycles. The maximum Gasteiger partial charge on any atom is 0.226 e. The highest BCUT2D eigenvalue weighted by Gasteiger charge is 2.35. The molecule has 0 spiro atoms. The number of hydrogen-bond acceptors (Lipinski definition) is 3. The molecule has 2 aromatic rings. The molecule has 1 fully saturated rings. The quantitative estimate of drug-likeness (QED) is 0.725. The third-order valence-corrected chi connectivity index (χ3v) is 6.28. The molecule has 3 heterocycles. The van der Waals surface area contributed by atoms with Crippen LogP contribution in [-0.2, 0) is 17.6 Å². The molecule has 1 aromatic carbocycles. The van der Waals surface area contributed by atoms with Crippen molar-refractivity contribution in [3.63, 3.8) is 0 Å². The predicted molar refractivity (Wildman–Crippen MR) is 113 cm³/mol. The number of nitrogens with one attached hydrogen (secondary N) is 1. The van der Waals surface area contributed by atoms with E-state index >= 15 is 0 Å². The van der Waals surface area contributed by atoms with Crippen molar-refractivity contribution in [3.8, 4) is 0 Å². The maximum absolute atomic E-state index is 13.6. The summed E-state index contributed by atoms with van der Waals surface area (Å²) >= 11 is 0. The lowest BCUT2D eigenvalue weighted by atomic mass is 9.98. The minimum Gasteiger partial charge on any atom is -0.370 e. The minimum atomic E-state index is -0.240. The molecular weight excluding hydrogens is 365 g/mol. The molecule has 2 aliphatic rings. The Morgan fingerprint density at radius 3 is 3.03 bits per heavy atom. The average Bonchev–Trinajstić information content (AvgIpc) is 3.09. The number of likely N-dealkylation sites (tertiary alicyclic amines) is 1. The van der Waals surface area contributed by atoms with Crippen molar-refractivity contribution in [2.45, 2.75) is 57.9 Å². The highest BCUT2D eigenvalue weighted by Crippen LogP contribution is 2.33. The fourth-order valence-electron chi connectivity index (χ4n) is 4.73. The van der Waals surface area contributed by atoms with E-state index < -0.39 is 0 Å². The van der Waals surface area contributed by atoms with Crippen molar-refractivity contribution in [3.05, 3.63) is 59.0 Å². The maximum atomic E-state index is 13.6. The van der Waals surface area contributed by atoms with Crippen LogP contribution in [0.3, 0.4) is 0 Å². The zero-order valence-corrected chi connectivity index (χ0v) is 17.2. The van der Waals surface area contributed by atoms with Crippen molar-refractivity contribution in [2.75, 3.05) is 18.4 Å². The fourth-order valence-corrected chi connectivity index (χ4v) is 4.73. The largest absolute Gasteiger partial charge is 0.370 e. The Labute approximate surface area is 172 Å². The van der Waals surface area contributed by atoms with Crippen molar-refractivity contribution in [1.29, 1.82) is 0 Å². The van der Waals surface area contributed by atoms with E-state index in [9.17, 15) is 9.18 Å². The Hall–Kier alpha value is -2.43. The second kappa shape index (κ2) is 8.93. The molecule has 4 rings (SSSR count). The molecule has 0 aliphatic carbocycles. The Kier molecular flexibility index (Phi) is 6.12. The number of anilines is 1. The van der Waals surface area contributed by atoms with Gasteiger partial charge in [0.2, 0.25) is 5.91 Å². The standard InChI is InChI=1S/C24H30FN3O/c1-2-22(19-7-3-9-20(25)16-19)28-15-13-18(24(28)29)6-4-10-21-12-11-17-8-5-14-26-23(17)27-21/h3,7,9,11-12,16,18,22H,2,4-6,8,10,13-15H2,1H3,(H,26,27). The number of fused-ring (bicyclic) bond motifs is 1. The van der Waals surface area contributed by atoms with Crippen molar-refractivity contribution < 1.29 is 9.18 Å². The topological polar surface area (TPSA) is 45.2 Å². The summed E-state index contributed by atoms with van der Waals surface area (Å²) in [6.07, 6.45) is 6.72. The van der Waals surface area contributed by atoms with Gasteiger partial charge in [-0.15, -0.1) is 0 Å². The zero-order chi connectivity index (χ0) is 20.2. The van der Waals surface area contributed by atoms with Gasteiger partial charge in [0.05, 0.1) is 6.04 Å². The highest BCUT2D eigenvalue weighted by atomic mass is 19.1. The second-order valence-corrected chi connectivity index (χ2v) is 8.23. The summed E-state index contributed by atoms with van der Waals surface area (Å²) in [6, 6.07) is 11.0. The van der Waals surface area contributed by atoms with Crippen molar-refractivity contribution >= 4 is 11.7 Å². The van der Waals surface area contributed by atoms with Gasteiger partial charge in [-0.25, -0.2) is 9.37 Å². The average molecular weight is 396 g/mol. The monoisotopic (exact) mass is 395 g/mol. The van der Waals surface area contributed by atoms with Crippen LogP contribution in [0.5, 0.6) is 0 Å². The number of aromatic nitrogens is 1. The van der Waals surface area contributed by atoms with Gasteiger partial charge in [0.15, 0.2) is 0 Å². The summed E-state index contributed by atoms with van der Waals surface area (Å²) < 4.78 is 13.6. The van der Waals surface area contributed by atoms with E-state index in [4.69, 9.17) is 4.98 Å². The molecule has 0 bridgehead atoms. The Balaban J connectivity index is 1.33. The number of carbonyl (C=O) groups is 1. The molecule has 1 aromatic heterocycles. The molecule has 5 heteroatoms. The first-order valence-corrected chi connectivity index (χ1v) is 10.9. The van der Waals surface area contributed by atoms with Crippen molar-refractivity contribution in [2.24, 2.45) is 5.92 Å². The van der Waals surface area contributed by atoms with Crippen LogP contribution in [-0.4, -0.2) is 28.9 Å². The van der Waals surface area contributed by atoms with E-state index in [-0.39, 0.29) is 23.7 Å². The number of aryl methyl sites for hydroxylation is 2. The first-order valence-electron chi connectivity index (χ1n) is 10.9. The third-order valence-electron chi connectivity index (χ3n) is 6.28. The summed E-state index contributed by atoms with van der Waals surface area (Å²) in [7, 11) is 0. The molecule has 1 amide bonds. The lowest BCUT2D eigenvalue weighted by molar-refractivity contribution is -0.133. The summed E-state index contributed by atoms with van der Waals surface area (Å²) in [5.41, 5.74) is 3.31. The molecule has 29 heavy (non-hydrogen) atoms. The van der Waals surface area contributed by atoms with E-state index in [1.54, 1.807) is 12.1 Å². The Morgan fingerprint density at radius 2 is 2.21 bits per heavy atom. The van der Waals surface area contributed by atoms with Crippen LogP contribution in [0.2, 0.25) is 0 Å². The third kappa shape index (κ3) is 4.44. The van der Waals surface area contributed by atoms with Crippen LogP contribution in [0.4, 0.5) is 10.2 Å². The van der Waals surface area contributed by atoms with Gasteiger partial charge in [-0.3, -0.25) is 4.79 Å². The van der Waals surface area contributed by atoms with Crippen LogP contribution in [0.15, 0.2) is 36.4 Å². The summed E-state index contributed by atoms with van der Waals surface area (Å²) in [4.78, 5) is 19.7. The van der Waals surface area contributed by atoms with Gasteiger partial charge in [-0.2, -0.15) is 0 Å². The van der Waals surface area contributed by atoms with Crippen LogP contribution < -0.4 is 5.32 Å². The van der Waals surface area contributed by atoms with Gasteiger partial charge in [-0.05, 0) is 74.3 Å². The number of hydrogen-bond donors (Lipinski definition) is 1. The minimum absolute atomic E-state index is 0.0309. The number of nitrogens with zero attached hydrogens (tertiary/aromatic N) is 2. The summed E-state index contributed by atoms with van der Waals surface area (Å²) in [5, 5.41) is 3.39. The van der Waals surface area contributed by atoms with E-state index in [0.29, 0.717) is 0 Å². The van der Waals surface area contributed by atoms with Gasteiger partial charge >= 0.3 is 0 Å². The van der Waals surface area contributed by atoms with Crippen LogP contribution >= 0.6 is 0 Å². The highest BCUT2D eigenvalue weighted by molar-refractivity contribution is 5.81. The van der Waals surface area contributed by atoms with Crippen LogP contribution in [0, 0.1) is 11.7 Å². The number of pyridine rings is 1. The normalized spacial score (nSPS) is 19.7. The molecule has 0 radical (unpaired) electrons. The molecule has 4 nitrogen and oxygen atoms in total. The lowest BCUT2D eigenvalue weighted by Crippen LogP contribution is -2.31. The van der Waals surface area contributed by atoms with Crippen molar-refractivity contribution in [1.82, 2.24) is 9.88 Å². The molecule has 1 saturated heterocycles. The molecule has 2 atom stereocenters. The number of halogens is 1. The lowest BCUT2D eigenvalue weighted by Gasteiger charge is -2.28. The summed E-state index contributed by atoms with van der Waals surface area (Å²) in [5.74, 6) is 1.10. The number of carbonyl (C=O) groups excluding carboxylic acids is 1. The molecule has 2 unspecified atom stereocenters. The van der Waals surface area contributed by atoms with Crippen LogP contribution in [0.25, 0.3) is 0 Å². The van der Waals surface area contributed by atoms with Gasteiger partial charge in [-0.1, -0.05) is 25.1 Å². The predicted octanol–water partition coefficient (Wildman–Crippen LogP) is 4.90. The van der Waals surface area contributed by atoms with Crippen LogP contribution in [0.1, 0.15) is 61.9 Å². The zero-order valence-electron chi connectivity index (χ0n) is 17.2. The van der Waals surface area contributed by atoms with Gasteiger partial charge in [0.25, 0.3) is 0 Å². The fraction of sp³-hybridized carbons (Fsp3) is 0.500. The molecular formula is C24H30FN3O. The smallest absolute Gasteiger partial charge is 0.226 e. The first-order chi connectivity index (χ1) is 14.2. The van der Waals surface area contributed by atoms with Gasteiger partial charge in [0.1, 0.15) is 11.6 Å². The van der Waals surface area contributed by atoms with Gasteiger partial charge in [0, 0.05) is 24.7 Å². The first kappa shape index (κ1) is 19.9. The SMILES string of the molecule is CCC(c1cccc(F)c1)N1CCC(CCCc2ccc3c(n2)NCCC3)C1=O. The van der Waals surface area contributed by atoms with E-state index in [0.717, 1.165) is 68.7 Å². The van der Waals surface area contributed by atoms with E-state index in [1.165, 1.54) is 18.1 Å². The number of rotatable bonds is 7. The van der Waals surface area contributed by atoms with E-state index in [2.05, 4.69) is 24.4 Å². The number of amides is 1. The van der Waals surface area contributed by atoms with E-state index in [1.807, 2.05) is 11.0 Å². The Morgan fingerprint density at radius 1 is 1.31 bits per heavy atom. The number of benzene rings is 1. The Bertz CT molecular complexity index is 869. The molecule has 1 N–H and O–H groups in total. The second-order valence-electron chi connectivity index (χ2n) is 8.23.